The summed E-state index contributed by atoms with van der Waals surface area (Å²) >= 11 is 0. The third-order valence-electron chi connectivity index (χ3n) is 4.28. The van der Waals surface area contributed by atoms with Gasteiger partial charge in [0.2, 0.25) is 5.91 Å². The summed E-state index contributed by atoms with van der Waals surface area (Å²) in [4.78, 5) is 12.5. The van der Waals surface area contributed by atoms with Gasteiger partial charge in [-0.05, 0) is 12.0 Å². The van der Waals surface area contributed by atoms with Crippen molar-refractivity contribution in [3.63, 3.8) is 0 Å². The Morgan fingerprint density at radius 2 is 2.00 bits per heavy atom. The quantitative estimate of drug-likeness (QED) is 0.862. The van der Waals surface area contributed by atoms with E-state index in [1.807, 2.05) is 37.3 Å². The number of aliphatic hydroxyl groups is 1. The van der Waals surface area contributed by atoms with Gasteiger partial charge in [0.05, 0.1) is 25.2 Å². The predicted molar refractivity (Wildman–Crippen MR) is 76.9 cm³/mol. The summed E-state index contributed by atoms with van der Waals surface area (Å²) in [7, 11) is 0. The van der Waals surface area contributed by atoms with E-state index in [1.165, 1.54) is 0 Å². The molecule has 3 rings (SSSR count). The maximum atomic E-state index is 12.5. The van der Waals surface area contributed by atoms with Crippen LogP contribution >= 0.6 is 0 Å². The maximum Gasteiger partial charge on any atom is 0.227 e. The van der Waals surface area contributed by atoms with Crippen LogP contribution in [0.5, 0.6) is 0 Å². The van der Waals surface area contributed by atoms with Crippen LogP contribution in [-0.2, 0) is 14.3 Å². The highest BCUT2D eigenvalue weighted by atomic mass is 16.6. The molecule has 0 radical (unpaired) electrons. The number of nitrogens with one attached hydrogen (secondary N) is 1. The lowest BCUT2D eigenvalue weighted by molar-refractivity contribution is -0.124. The predicted octanol–water partition coefficient (Wildman–Crippen LogP) is 0.823. The van der Waals surface area contributed by atoms with Crippen molar-refractivity contribution in [2.75, 3.05) is 13.2 Å². The molecule has 1 amide bonds. The van der Waals surface area contributed by atoms with Crippen molar-refractivity contribution in [2.45, 2.75) is 43.6 Å². The largest absolute Gasteiger partial charge is 0.388 e. The summed E-state index contributed by atoms with van der Waals surface area (Å²) in [6.45, 7) is 2.67. The highest BCUT2D eigenvalue weighted by molar-refractivity contribution is 5.84. The summed E-state index contributed by atoms with van der Waals surface area (Å²) < 4.78 is 11.1. The summed E-state index contributed by atoms with van der Waals surface area (Å²) in [5, 5.41) is 12.7. The fraction of sp³-hybridized carbons (Fsp3) is 0.562. The molecular weight excluding hydrogens is 270 g/mol. The van der Waals surface area contributed by atoms with Gasteiger partial charge in [-0.15, -0.1) is 0 Å². The molecule has 0 bridgehead atoms. The van der Waals surface area contributed by atoms with Crippen LogP contribution in [0.1, 0.15) is 24.8 Å². The van der Waals surface area contributed by atoms with Crippen LogP contribution in [0.3, 0.4) is 0 Å². The van der Waals surface area contributed by atoms with Crippen molar-refractivity contribution in [1.82, 2.24) is 5.32 Å². The molecule has 21 heavy (non-hydrogen) atoms. The molecule has 2 aliphatic heterocycles. The molecule has 0 aliphatic carbocycles. The average molecular weight is 291 g/mol. The second-order valence-corrected chi connectivity index (χ2v) is 5.65. The monoisotopic (exact) mass is 291 g/mol. The zero-order chi connectivity index (χ0) is 14.8. The maximum absolute atomic E-state index is 12.5. The van der Waals surface area contributed by atoms with Gasteiger partial charge in [-0.1, -0.05) is 37.3 Å². The van der Waals surface area contributed by atoms with Gasteiger partial charge in [0, 0.05) is 0 Å². The molecule has 5 atom stereocenters. The van der Waals surface area contributed by atoms with Crippen LogP contribution in [0.2, 0.25) is 0 Å². The molecule has 2 heterocycles. The summed E-state index contributed by atoms with van der Waals surface area (Å²) in [5.74, 6) is -0.181. The van der Waals surface area contributed by atoms with Gasteiger partial charge < -0.3 is 19.9 Å². The van der Waals surface area contributed by atoms with Crippen LogP contribution in [0.25, 0.3) is 0 Å². The average Bonchev–Trinajstić information content (AvgIpc) is 3.05. The lowest BCUT2D eigenvalue weighted by Gasteiger charge is -2.21. The van der Waals surface area contributed by atoms with E-state index >= 15 is 0 Å². The number of amides is 1. The third kappa shape index (κ3) is 2.81. The first-order valence-electron chi connectivity index (χ1n) is 7.47. The molecule has 2 fully saturated rings. The molecule has 0 aromatic heterocycles. The van der Waals surface area contributed by atoms with Crippen LogP contribution in [0, 0.1) is 0 Å². The smallest absolute Gasteiger partial charge is 0.227 e. The van der Waals surface area contributed by atoms with Gasteiger partial charge >= 0.3 is 0 Å². The number of aliphatic hydroxyl groups excluding tert-OH is 1. The van der Waals surface area contributed by atoms with E-state index < -0.39 is 6.10 Å². The molecule has 0 saturated carbocycles. The lowest BCUT2D eigenvalue weighted by Crippen LogP contribution is -2.45. The highest BCUT2D eigenvalue weighted by Gasteiger charge is 2.47. The number of carbonyl (C=O) groups is 1. The second kappa shape index (κ2) is 6.13. The minimum absolute atomic E-state index is 0.0112. The Kier molecular flexibility index (Phi) is 4.24. The molecule has 2 N–H and O–H groups in total. The first-order valence-corrected chi connectivity index (χ1v) is 7.47. The molecule has 5 nitrogen and oxygen atoms in total. The summed E-state index contributed by atoms with van der Waals surface area (Å²) in [6.07, 6.45) is -0.404. The van der Waals surface area contributed by atoms with E-state index in [2.05, 4.69) is 5.32 Å². The third-order valence-corrected chi connectivity index (χ3v) is 4.28. The van der Waals surface area contributed by atoms with Crippen LogP contribution in [0.15, 0.2) is 30.3 Å². The van der Waals surface area contributed by atoms with Crippen molar-refractivity contribution in [1.29, 1.82) is 0 Å². The van der Waals surface area contributed by atoms with Gasteiger partial charge in [0.15, 0.2) is 0 Å². The number of benzene rings is 1. The fourth-order valence-corrected chi connectivity index (χ4v) is 3.14. The second-order valence-electron chi connectivity index (χ2n) is 5.65. The van der Waals surface area contributed by atoms with E-state index in [-0.39, 0.29) is 36.7 Å². The Hall–Kier alpha value is -1.43. The number of rotatable bonds is 4. The Labute approximate surface area is 124 Å². The number of hydrogen-bond donors (Lipinski definition) is 2. The minimum atomic E-state index is -0.590. The topological polar surface area (TPSA) is 67.8 Å². The van der Waals surface area contributed by atoms with Gasteiger partial charge in [-0.25, -0.2) is 0 Å². The number of carbonyl (C=O) groups excluding carboxylic acids is 1. The molecule has 1 aromatic rings. The van der Waals surface area contributed by atoms with E-state index in [9.17, 15) is 9.90 Å². The van der Waals surface area contributed by atoms with Crippen LogP contribution < -0.4 is 5.32 Å². The molecule has 2 saturated heterocycles. The van der Waals surface area contributed by atoms with Crippen LogP contribution in [-0.4, -0.2) is 48.6 Å². The summed E-state index contributed by atoms with van der Waals surface area (Å²) in [5.41, 5.74) is 1.01. The van der Waals surface area contributed by atoms with Crippen molar-refractivity contribution >= 4 is 5.91 Å². The Bertz CT molecular complexity index is 492. The van der Waals surface area contributed by atoms with Crippen LogP contribution in [0.4, 0.5) is 0 Å². The zero-order valence-electron chi connectivity index (χ0n) is 12.1. The van der Waals surface area contributed by atoms with E-state index in [0.29, 0.717) is 6.61 Å². The molecule has 2 aliphatic rings. The number of hydrogen-bond acceptors (Lipinski definition) is 4. The van der Waals surface area contributed by atoms with Gasteiger partial charge in [0.1, 0.15) is 18.3 Å². The van der Waals surface area contributed by atoms with E-state index in [1.54, 1.807) is 0 Å². The minimum Gasteiger partial charge on any atom is -0.388 e. The van der Waals surface area contributed by atoms with Gasteiger partial charge in [0.25, 0.3) is 0 Å². The van der Waals surface area contributed by atoms with Gasteiger partial charge in [-0.3, -0.25) is 4.79 Å². The molecule has 5 heteroatoms. The highest BCUT2D eigenvalue weighted by Crippen LogP contribution is 2.28. The normalized spacial score (nSPS) is 32.7. The molecule has 0 unspecified atom stereocenters. The SMILES string of the molecule is CC[C@@H](C(=O)N[C@@H]1CO[C@H]2[C@@H]1OC[C@H]2O)c1ccccc1. The van der Waals surface area contributed by atoms with Crippen molar-refractivity contribution in [3.05, 3.63) is 35.9 Å². The molecule has 0 spiro atoms. The van der Waals surface area contributed by atoms with E-state index in [4.69, 9.17) is 9.47 Å². The molecule has 1 aromatic carbocycles. The zero-order valence-corrected chi connectivity index (χ0v) is 12.1. The standard InChI is InChI=1S/C16H21NO4/c1-2-11(10-6-4-3-5-7-10)16(19)17-12-8-20-15-13(18)9-21-14(12)15/h3-7,11-15,18H,2,8-9H2,1H3,(H,17,19)/t11-,12-,13-,14-,15-/m1/s1. The van der Waals surface area contributed by atoms with Gasteiger partial charge in [-0.2, -0.15) is 0 Å². The summed E-state index contributed by atoms with van der Waals surface area (Å²) in [6, 6.07) is 9.58. The van der Waals surface area contributed by atoms with E-state index in [0.717, 1.165) is 12.0 Å². The Morgan fingerprint density at radius 3 is 2.71 bits per heavy atom. The number of fused-ring (bicyclic) bond motifs is 1. The first kappa shape index (κ1) is 14.5. The van der Waals surface area contributed by atoms with Crippen molar-refractivity contribution in [2.24, 2.45) is 0 Å². The molecule has 114 valence electrons. The molecular formula is C16H21NO4. The Morgan fingerprint density at radius 1 is 1.29 bits per heavy atom. The number of ether oxygens (including phenoxy) is 2. The van der Waals surface area contributed by atoms with Crippen molar-refractivity contribution < 1.29 is 19.4 Å². The van der Waals surface area contributed by atoms with Crippen molar-refractivity contribution in [3.8, 4) is 0 Å². The Balaban J connectivity index is 1.66. The lowest BCUT2D eigenvalue weighted by atomic mass is 9.95. The fourth-order valence-electron chi connectivity index (χ4n) is 3.14. The first-order chi connectivity index (χ1) is 10.2.